The van der Waals surface area contributed by atoms with Gasteiger partial charge in [-0.2, -0.15) is 0 Å². The van der Waals surface area contributed by atoms with Crippen molar-refractivity contribution >= 4 is 17.1 Å². The van der Waals surface area contributed by atoms with E-state index < -0.39 is 0 Å². The van der Waals surface area contributed by atoms with E-state index >= 15 is 0 Å². The van der Waals surface area contributed by atoms with Gasteiger partial charge in [0.2, 0.25) is 0 Å². The van der Waals surface area contributed by atoms with Crippen molar-refractivity contribution in [2.45, 2.75) is 20.3 Å². The zero-order chi connectivity index (χ0) is 11.5. The molecule has 0 aliphatic heterocycles. The molecular weight excluding hydrogens is 218 g/mol. The molecular formula is C13H13NOS. The lowest BCUT2D eigenvalue weighted by Gasteiger charge is -2.00. The molecule has 0 saturated heterocycles. The van der Waals surface area contributed by atoms with Crippen molar-refractivity contribution in [1.29, 1.82) is 0 Å². The van der Waals surface area contributed by atoms with Crippen molar-refractivity contribution < 1.29 is 4.79 Å². The van der Waals surface area contributed by atoms with Crippen LogP contribution in [0.1, 0.15) is 18.2 Å². The van der Waals surface area contributed by atoms with E-state index in [2.05, 4.69) is 24.0 Å². The summed E-state index contributed by atoms with van der Waals surface area (Å²) in [6.07, 6.45) is 0.433. The summed E-state index contributed by atoms with van der Waals surface area (Å²) in [7, 11) is 0. The molecule has 2 nitrogen and oxygen atoms in total. The Hall–Kier alpha value is -1.48. The predicted octanol–water partition coefficient (Wildman–Crippen LogP) is 3.25. The molecule has 2 rings (SSSR count). The predicted molar refractivity (Wildman–Crippen MR) is 66.7 cm³/mol. The van der Waals surface area contributed by atoms with Gasteiger partial charge in [-0.1, -0.05) is 24.3 Å². The SMILES string of the molecule is CC(=O)Cc1csc(-c2ccccc2C)n1. The molecule has 1 aromatic carbocycles. The van der Waals surface area contributed by atoms with E-state index in [1.165, 1.54) is 5.56 Å². The summed E-state index contributed by atoms with van der Waals surface area (Å²) >= 11 is 1.60. The van der Waals surface area contributed by atoms with Gasteiger partial charge < -0.3 is 0 Å². The highest BCUT2D eigenvalue weighted by Crippen LogP contribution is 2.26. The first-order valence-electron chi connectivity index (χ1n) is 5.16. The fourth-order valence-electron chi connectivity index (χ4n) is 1.58. The average molecular weight is 231 g/mol. The van der Waals surface area contributed by atoms with Crippen molar-refractivity contribution in [2.75, 3.05) is 0 Å². The highest BCUT2D eigenvalue weighted by Gasteiger charge is 2.07. The Kier molecular flexibility index (Phi) is 3.15. The van der Waals surface area contributed by atoms with Gasteiger partial charge >= 0.3 is 0 Å². The molecule has 82 valence electrons. The number of rotatable bonds is 3. The van der Waals surface area contributed by atoms with Crippen molar-refractivity contribution in [1.82, 2.24) is 4.98 Å². The van der Waals surface area contributed by atoms with Gasteiger partial charge in [-0.25, -0.2) is 4.98 Å². The molecule has 0 amide bonds. The van der Waals surface area contributed by atoms with Crippen LogP contribution in [0.2, 0.25) is 0 Å². The van der Waals surface area contributed by atoms with Crippen LogP contribution >= 0.6 is 11.3 Å². The summed E-state index contributed by atoms with van der Waals surface area (Å²) in [4.78, 5) is 15.5. The number of carbonyl (C=O) groups excluding carboxylic acids is 1. The summed E-state index contributed by atoms with van der Waals surface area (Å²) in [5, 5.41) is 2.96. The number of hydrogen-bond donors (Lipinski definition) is 0. The molecule has 2 aromatic rings. The normalized spacial score (nSPS) is 10.4. The Balaban J connectivity index is 2.32. The number of nitrogens with zero attached hydrogens (tertiary/aromatic N) is 1. The van der Waals surface area contributed by atoms with Crippen LogP contribution in [0, 0.1) is 6.92 Å². The lowest BCUT2D eigenvalue weighted by Crippen LogP contribution is -1.96. The molecule has 0 aliphatic rings. The minimum atomic E-state index is 0.154. The number of aromatic nitrogens is 1. The summed E-state index contributed by atoms with van der Waals surface area (Å²) in [5.74, 6) is 0.154. The number of Topliss-reactive ketones (excluding diaryl/α,β-unsaturated/α-hetero) is 1. The van der Waals surface area contributed by atoms with Gasteiger partial charge in [-0.05, 0) is 19.4 Å². The molecule has 0 N–H and O–H groups in total. The summed E-state index contributed by atoms with van der Waals surface area (Å²) in [6, 6.07) is 8.16. The van der Waals surface area contributed by atoms with E-state index in [0.29, 0.717) is 6.42 Å². The minimum Gasteiger partial charge on any atom is -0.300 e. The molecule has 0 unspecified atom stereocenters. The first-order chi connectivity index (χ1) is 7.66. The van der Waals surface area contributed by atoms with Crippen LogP contribution in [0.15, 0.2) is 29.6 Å². The fourth-order valence-corrected chi connectivity index (χ4v) is 2.49. The number of aryl methyl sites for hydroxylation is 1. The standard InChI is InChI=1S/C13H13NOS/c1-9-5-3-4-6-12(9)13-14-11(8-16-13)7-10(2)15/h3-6,8H,7H2,1-2H3. The Bertz CT molecular complexity index is 516. The highest BCUT2D eigenvalue weighted by atomic mass is 32.1. The van der Waals surface area contributed by atoms with Gasteiger partial charge in [0.25, 0.3) is 0 Å². The number of carbonyl (C=O) groups is 1. The van der Waals surface area contributed by atoms with Crippen LogP contribution in [-0.4, -0.2) is 10.8 Å². The Morgan fingerprint density at radius 3 is 2.81 bits per heavy atom. The summed E-state index contributed by atoms with van der Waals surface area (Å²) in [6.45, 7) is 3.66. The molecule has 1 aromatic heterocycles. The van der Waals surface area contributed by atoms with Crippen LogP contribution in [0.25, 0.3) is 10.6 Å². The number of benzene rings is 1. The Morgan fingerprint density at radius 1 is 1.38 bits per heavy atom. The van der Waals surface area contributed by atoms with Crippen LogP contribution < -0.4 is 0 Å². The topological polar surface area (TPSA) is 30.0 Å². The second-order valence-corrected chi connectivity index (χ2v) is 4.70. The van der Waals surface area contributed by atoms with Crippen LogP contribution in [0.5, 0.6) is 0 Å². The van der Waals surface area contributed by atoms with E-state index in [1.54, 1.807) is 18.3 Å². The average Bonchev–Trinajstić information content (AvgIpc) is 2.66. The van der Waals surface area contributed by atoms with Crippen molar-refractivity contribution in [2.24, 2.45) is 0 Å². The molecule has 0 bridgehead atoms. The zero-order valence-electron chi connectivity index (χ0n) is 9.36. The first-order valence-corrected chi connectivity index (χ1v) is 6.04. The number of ketones is 1. The van der Waals surface area contributed by atoms with Crippen LogP contribution in [0.4, 0.5) is 0 Å². The monoisotopic (exact) mass is 231 g/mol. The lowest BCUT2D eigenvalue weighted by atomic mass is 10.1. The summed E-state index contributed by atoms with van der Waals surface area (Å²) < 4.78 is 0. The molecule has 0 spiro atoms. The van der Waals surface area contributed by atoms with Gasteiger partial charge in [0.15, 0.2) is 0 Å². The van der Waals surface area contributed by atoms with Crippen LogP contribution in [0.3, 0.4) is 0 Å². The first kappa shape index (κ1) is 11.0. The van der Waals surface area contributed by atoms with Crippen molar-refractivity contribution in [3.63, 3.8) is 0 Å². The molecule has 0 saturated carbocycles. The third-order valence-corrected chi connectivity index (χ3v) is 3.28. The summed E-state index contributed by atoms with van der Waals surface area (Å²) in [5.41, 5.74) is 3.24. The van der Waals surface area contributed by atoms with Gasteiger partial charge in [0.1, 0.15) is 10.8 Å². The second-order valence-electron chi connectivity index (χ2n) is 3.84. The molecule has 16 heavy (non-hydrogen) atoms. The van der Waals surface area contributed by atoms with Gasteiger partial charge in [0.05, 0.1) is 5.69 Å². The smallest absolute Gasteiger partial charge is 0.135 e. The van der Waals surface area contributed by atoms with Crippen molar-refractivity contribution in [3.05, 3.63) is 40.9 Å². The quantitative estimate of drug-likeness (QED) is 0.811. The maximum Gasteiger partial charge on any atom is 0.135 e. The molecule has 0 fully saturated rings. The Morgan fingerprint density at radius 2 is 2.12 bits per heavy atom. The third kappa shape index (κ3) is 2.36. The molecule has 0 aliphatic carbocycles. The largest absolute Gasteiger partial charge is 0.300 e. The third-order valence-electron chi connectivity index (χ3n) is 2.36. The highest BCUT2D eigenvalue weighted by molar-refractivity contribution is 7.13. The van der Waals surface area contributed by atoms with Crippen LogP contribution in [-0.2, 0) is 11.2 Å². The number of thiazole rings is 1. The van der Waals surface area contributed by atoms with E-state index in [1.807, 2.05) is 17.5 Å². The molecule has 3 heteroatoms. The van der Waals surface area contributed by atoms with E-state index in [9.17, 15) is 4.79 Å². The van der Waals surface area contributed by atoms with Crippen molar-refractivity contribution in [3.8, 4) is 10.6 Å². The molecule has 1 heterocycles. The number of hydrogen-bond acceptors (Lipinski definition) is 3. The Labute approximate surface area is 99.0 Å². The zero-order valence-corrected chi connectivity index (χ0v) is 10.2. The van der Waals surface area contributed by atoms with E-state index in [0.717, 1.165) is 16.3 Å². The maximum absolute atomic E-state index is 11.0. The minimum absolute atomic E-state index is 0.154. The van der Waals surface area contributed by atoms with E-state index in [-0.39, 0.29) is 5.78 Å². The van der Waals surface area contributed by atoms with E-state index in [4.69, 9.17) is 0 Å². The molecule has 0 atom stereocenters. The molecule has 0 radical (unpaired) electrons. The maximum atomic E-state index is 11.0. The second kappa shape index (κ2) is 4.58. The van der Waals surface area contributed by atoms with Gasteiger partial charge in [-0.3, -0.25) is 4.79 Å². The van der Waals surface area contributed by atoms with Gasteiger partial charge in [0, 0.05) is 17.4 Å². The fraction of sp³-hybridized carbons (Fsp3) is 0.231. The lowest BCUT2D eigenvalue weighted by molar-refractivity contribution is -0.116. The van der Waals surface area contributed by atoms with Gasteiger partial charge in [-0.15, -0.1) is 11.3 Å².